The molecule has 0 aliphatic carbocycles. The number of aldehydes is 1. The molecule has 3 rings (SSSR count). The number of hydrogen-bond acceptors (Lipinski definition) is 5. The van der Waals surface area contributed by atoms with Gasteiger partial charge in [-0.2, -0.15) is 0 Å². The second kappa shape index (κ2) is 5.67. The second-order valence-corrected chi connectivity index (χ2v) is 5.86. The van der Waals surface area contributed by atoms with Crippen LogP contribution in [0.4, 0.5) is 0 Å². The lowest BCUT2D eigenvalue weighted by Crippen LogP contribution is -2.33. The molecule has 0 unspecified atom stereocenters. The molecule has 0 bridgehead atoms. The van der Waals surface area contributed by atoms with E-state index in [1.165, 1.54) is 0 Å². The molecule has 5 heteroatoms. The molecule has 2 aromatic heterocycles. The van der Waals surface area contributed by atoms with Crippen LogP contribution in [0.25, 0.3) is 10.6 Å². The normalized spacial score (nSPS) is 17.7. The van der Waals surface area contributed by atoms with Crippen molar-refractivity contribution in [2.24, 2.45) is 5.92 Å². The Hall–Kier alpha value is -1.46. The molecule has 0 spiro atoms. The van der Waals surface area contributed by atoms with Gasteiger partial charge in [0.05, 0.1) is 10.6 Å². The van der Waals surface area contributed by atoms with E-state index in [4.69, 9.17) is 4.52 Å². The number of thiophene rings is 1. The van der Waals surface area contributed by atoms with E-state index in [0.717, 1.165) is 55.1 Å². The van der Waals surface area contributed by atoms with Crippen molar-refractivity contribution in [3.05, 3.63) is 29.3 Å². The largest absolute Gasteiger partial charge is 0.355 e. The van der Waals surface area contributed by atoms with Gasteiger partial charge < -0.3 is 9.32 Å². The molecule has 100 valence electrons. The zero-order valence-electron chi connectivity index (χ0n) is 10.6. The maximum Gasteiger partial charge on any atom is 0.177 e. The molecule has 0 radical (unpaired) electrons. The van der Waals surface area contributed by atoms with Crippen LogP contribution in [0.1, 0.15) is 18.5 Å². The standard InChI is InChI=1S/C14H16N2O2S/c17-10-11-3-5-16(6-4-11)9-12-8-13(18-15-12)14-2-1-7-19-14/h1-2,7-8,10-11H,3-6,9H2. The molecule has 1 aliphatic rings. The Morgan fingerprint density at radius 2 is 2.32 bits per heavy atom. The number of aromatic nitrogens is 1. The number of carbonyl (C=O) groups is 1. The van der Waals surface area contributed by atoms with E-state index in [9.17, 15) is 4.79 Å². The van der Waals surface area contributed by atoms with Gasteiger partial charge in [0.2, 0.25) is 0 Å². The lowest BCUT2D eigenvalue weighted by Gasteiger charge is -2.28. The van der Waals surface area contributed by atoms with E-state index in [0.29, 0.717) is 0 Å². The molecule has 0 amide bonds. The van der Waals surface area contributed by atoms with Crippen molar-refractivity contribution in [3.8, 4) is 10.6 Å². The molecule has 1 aliphatic heterocycles. The Morgan fingerprint density at radius 3 is 3.00 bits per heavy atom. The summed E-state index contributed by atoms with van der Waals surface area (Å²) in [6.07, 6.45) is 3.00. The molecule has 1 fully saturated rings. The molecule has 0 saturated carbocycles. The van der Waals surface area contributed by atoms with Crippen molar-refractivity contribution in [1.82, 2.24) is 10.1 Å². The van der Waals surface area contributed by atoms with Gasteiger partial charge in [-0.05, 0) is 37.4 Å². The first-order valence-corrected chi connectivity index (χ1v) is 7.40. The monoisotopic (exact) mass is 276 g/mol. The minimum atomic E-state index is 0.246. The summed E-state index contributed by atoms with van der Waals surface area (Å²) in [6.45, 7) is 2.73. The number of piperidine rings is 1. The van der Waals surface area contributed by atoms with Crippen LogP contribution in [0.3, 0.4) is 0 Å². The average Bonchev–Trinajstić information content (AvgIpc) is 3.10. The predicted octanol–water partition coefficient (Wildman–Crippen LogP) is 2.81. The van der Waals surface area contributed by atoms with Crippen molar-refractivity contribution in [1.29, 1.82) is 0 Å². The van der Waals surface area contributed by atoms with Crippen molar-refractivity contribution in [2.45, 2.75) is 19.4 Å². The van der Waals surface area contributed by atoms with Crippen LogP contribution in [0.15, 0.2) is 28.1 Å². The summed E-state index contributed by atoms with van der Waals surface area (Å²) in [4.78, 5) is 14.2. The molecule has 0 N–H and O–H groups in total. The van der Waals surface area contributed by atoms with Gasteiger partial charge in [0.1, 0.15) is 6.29 Å². The summed E-state index contributed by atoms with van der Waals surface area (Å²) < 4.78 is 5.37. The Bertz CT molecular complexity index is 527. The zero-order valence-corrected chi connectivity index (χ0v) is 11.4. The molecular formula is C14H16N2O2S. The highest BCUT2D eigenvalue weighted by molar-refractivity contribution is 7.13. The lowest BCUT2D eigenvalue weighted by molar-refractivity contribution is -0.112. The van der Waals surface area contributed by atoms with Crippen LogP contribution >= 0.6 is 11.3 Å². The summed E-state index contributed by atoms with van der Waals surface area (Å²) in [5.74, 6) is 1.09. The number of likely N-dealkylation sites (tertiary alicyclic amines) is 1. The summed E-state index contributed by atoms with van der Waals surface area (Å²) in [5, 5.41) is 6.16. The van der Waals surface area contributed by atoms with Gasteiger partial charge in [0.25, 0.3) is 0 Å². The van der Waals surface area contributed by atoms with Gasteiger partial charge >= 0.3 is 0 Å². The summed E-state index contributed by atoms with van der Waals surface area (Å²) in [7, 11) is 0. The van der Waals surface area contributed by atoms with Crippen molar-refractivity contribution in [3.63, 3.8) is 0 Å². The van der Waals surface area contributed by atoms with Crippen LogP contribution in [-0.2, 0) is 11.3 Å². The van der Waals surface area contributed by atoms with E-state index in [2.05, 4.69) is 10.1 Å². The summed E-state index contributed by atoms with van der Waals surface area (Å²) in [5.41, 5.74) is 0.966. The quantitative estimate of drug-likeness (QED) is 0.806. The summed E-state index contributed by atoms with van der Waals surface area (Å²) in [6, 6.07) is 6.05. The fourth-order valence-corrected chi connectivity index (χ4v) is 3.07. The SMILES string of the molecule is O=CC1CCN(Cc2cc(-c3cccs3)on2)CC1. The zero-order chi connectivity index (χ0) is 13.1. The topological polar surface area (TPSA) is 46.3 Å². The molecular weight excluding hydrogens is 260 g/mol. The Morgan fingerprint density at radius 1 is 1.47 bits per heavy atom. The van der Waals surface area contributed by atoms with Gasteiger partial charge in [-0.25, -0.2) is 0 Å². The van der Waals surface area contributed by atoms with Crippen LogP contribution in [0.2, 0.25) is 0 Å². The molecule has 0 atom stereocenters. The number of nitrogens with zero attached hydrogens (tertiary/aromatic N) is 2. The first-order valence-electron chi connectivity index (χ1n) is 6.52. The van der Waals surface area contributed by atoms with Crippen LogP contribution in [0.5, 0.6) is 0 Å². The average molecular weight is 276 g/mol. The molecule has 4 nitrogen and oxygen atoms in total. The highest BCUT2D eigenvalue weighted by atomic mass is 32.1. The van der Waals surface area contributed by atoms with Crippen molar-refractivity contribution >= 4 is 17.6 Å². The second-order valence-electron chi connectivity index (χ2n) is 4.91. The van der Waals surface area contributed by atoms with Gasteiger partial charge in [-0.3, -0.25) is 4.90 Å². The van der Waals surface area contributed by atoms with Gasteiger partial charge in [0, 0.05) is 18.5 Å². The third-order valence-corrected chi connectivity index (χ3v) is 4.42. The molecule has 0 aromatic carbocycles. The number of carbonyl (C=O) groups excluding carboxylic acids is 1. The van der Waals surface area contributed by atoms with Gasteiger partial charge in [-0.15, -0.1) is 11.3 Å². The minimum absolute atomic E-state index is 0.246. The number of rotatable bonds is 4. The third-order valence-electron chi connectivity index (χ3n) is 3.53. The van der Waals surface area contributed by atoms with Crippen molar-refractivity contribution in [2.75, 3.05) is 13.1 Å². The van der Waals surface area contributed by atoms with Gasteiger partial charge in [0.15, 0.2) is 5.76 Å². The number of hydrogen-bond donors (Lipinski definition) is 0. The first-order chi connectivity index (χ1) is 9.35. The molecule has 1 saturated heterocycles. The van der Waals surface area contributed by atoms with E-state index < -0.39 is 0 Å². The van der Waals surface area contributed by atoms with E-state index in [1.807, 2.05) is 23.6 Å². The Kier molecular flexibility index (Phi) is 3.75. The fraction of sp³-hybridized carbons (Fsp3) is 0.429. The Balaban J connectivity index is 1.60. The summed E-state index contributed by atoms with van der Waals surface area (Å²) >= 11 is 1.65. The fourth-order valence-electron chi connectivity index (χ4n) is 2.40. The van der Waals surface area contributed by atoms with Gasteiger partial charge in [-0.1, -0.05) is 11.2 Å². The molecule has 3 heterocycles. The van der Waals surface area contributed by atoms with E-state index in [-0.39, 0.29) is 5.92 Å². The van der Waals surface area contributed by atoms with E-state index in [1.54, 1.807) is 11.3 Å². The molecule has 2 aromatic rings. The minimum Gasteiger partial charge on any atom is -0.355 e. The highest BCUT2D eigenvalue weighted by Gasteiger charge is 2.19. The first kappa shape index (κ1) is 12.6. The predicted molar refractivity (Wildman–Crippen MR) is 73.9 cm³/mol. The highest BCUT2D eigenvalue weighted by Crippen LogP contribution is 2.26. The Labute approximate surface area is 116 Å². The van der Waals surface area contributed by atoms with Crippen LogP contribution in [0, 0.1) is 5.92 Å². The van der Waals surface area contributed by atoms with Crippen LogP contribution in [-0.4, -0.2) is 29.4 Å². The lowest BCUT2D eigenvalue weighted by atomic mass is 9.98. The smallest absolute Gasteiger partial charge is 0.177 e. The van der Waals surface area contributed by atoms with Crippen LogP contribution < -0.4 is 0 Å². The van der Waals surface area contributed by atoms with E-state index >= 15 is 0 Å². The van der Waals surface area contributed by atoms with Crippen molar-refractivity contribution < 1.29 is 9.32 Å². The maximum atomic E-state index is 10.7. The molecule has 19 heavy (non-hydrogen) atoms. The third kappa shape index (κ3) is 2.93. The maximum absolute atomic E-state index is 10.7.